The van der Waals surface area contributed by atoms with E-state index in [1.807, 2.05) is 122 Å². The lowest BCUT2D eigenvalue weighted by atomic mass is 9.88. The molecule has 0 N–H and O–H groups in total. The van der Waals surface area contributed by atoms with Crippen molar-refractivity contribution in [2.24, 2.45) is 7.05 Å². The Morgan fingerprint density at radius 2 is 0.505 bits per heavy atom. The van der Waals surface area contributed by atoms with Crippen molar-refractivity contribution in [3.05, 3.63) is 324 Å². The van der Waals surface area contributed by atoms with E-state index in [0.29, 0.717) is 45.4 Å². The highest BCUT2D eigenvalue weighted by molar-refractivity contribution is 6.39. The highest BCUT2D eigenvalue weighted by Crippen LogP contribution is 2.46. The Bertz CT molecular complexity index is 6670. The van der Waals surface area contributed by atoms with Gasteiger partial charge in [0.25, 0.3) is 35.4 Å². The molecular formula is C90H53N9O6. The zero-order valence-electron chi connectivity index (χ0n) is 55.9. The van der Waals surface area contributed by atoms with E-state index in [9.17, 15) is 0 Å². The monoisotopic (exact) mass is 1360 g/mol. The summed E-state index contributed by atoms with van der Waals surface area (Å²) in [5, 5.41) is 9.45. The number of anilines is 3. The van der Waals surface area contributed by atoms with Crippen LogP contribution in [0.4, 0.5) is 17.8 Å². The van der Waals surface area contributed by atoms with Crippen molar-refractivity contribution in [2.45, 2.75) is 13.1 Å². The first-order chi connectivity index (χ1) is 51.5. The Hall–Kier alpha value is -14.3. The summed E-state index contributed by atoms with van der Waals surface area (Å²) < 4.78 is 6.78. The van der Waals surface area contributed by atoms with Crippen LogP contribution < -0.4 is 14.7 Å². The summed E-state index contributed by atoms with van der Waals surface area (Å²) in [6.45, 7) is 1.33. The van der Waals surface area contributed by atoms with E-state index < -0.39 is 53.3 Å². The normalized spacial score (nSPS) is 13.7. The molecule has 0 bridgehead atoms. The van der Waals surface area contributed by atoms with Gasteiger partial charge in [-0.3, -0.25) is 28.8 Å². The van der Waals surface area contributed by atoms with Gasteiger partial charge < -0.3 is 13.7 Å². The number of nitrogens with zero attached hydrogens (tertiary/aromatic N) is 9. The van der Waals surface area contributed by atoms with Gasteiger partial charge in [-0.2, -0.15) is 15.0 Å². The highest BCUT2D eigenvalue weighted by Gasteiger charge is 2.44. The fourth-order valence-corrected chi connectivity index (χ4v) is 16.9. The van der Waals surface area contributed by atoms with Gasteiger partial charge in [-0.25, -0.2) is 14.7 Å². The molecule has 0 fully saturated rings. The smallest absolute Gasteiger partial charge is 0.268 e. The van der Waals surface area contributed by atoms with Crippen molar-refractivity contribution in [1.29, 1.82) is 0 Å². The lowest BCUT2D eigenvalue weighted by Gasteiger charge is -2.30. The van der Waals surface area contributed by atoms with Crippen LogP contribution in [0, 0.1) is 0 Å². The molecule has 0 saturated carbocycles. The first kappa shape index (κ1) is 59.5. The molecule has 14 aromatic carbocycles. The molecule has 15 heteroatoms. The molecule has 15 nitrogen and oxygen atoms in total. The molecule has 4 aromatic heterocycles. The summed E-state index contributed by atoms with van der Waals surface area (Å²) >= 11 is 0. The Morgan fingerprint density at radius 1 is 0.238 bits per heavy atom. The van der Waals surface area contributed by atoms with Gasteiger partial charge in [0.1, 0.15) is 0 Å². The second kappa shape index (κ2) is 22.3. The van der Waals surface area contributed by atoms with Crippen LogP contribution in [0.15, 0.2) is 279 Å². The number of hydrogen-bond donors (Lipinski definition) is 0. The second-order valence-corrected chi connectivity index (χ2v) is 27.2. The van der Waals surface area contributed by atoms with Gasteiger partial charge in [-0.1, -0.05) is 188 Å². The van der Waals surface area contributed by atoms with Crippen LogP contribution >= 0.6 is 0 Å². The molecule has 0 radical (unpaired) electrons. The SMILES string of the molecule is Cn1c2ccccc2c2cc(-c3ccc4c5c(cccc35)C(=O)N(c3nc(N5C(=O)c6cccc7c(-c8ccc9c(c8)c8ccccc8n9Cc8ccccc8)ccc(c67)C5=O)nc(N5C(=O)c6cccc7c(-c8ccc9c(c8)c8ccccc8n9Cc8ccccc8)ccc(c67)C5=O)n3)C4=O)ccc21. The molecule has 21 rings (SSSR count). The molecule has 494 valence electrons. The molecule has 18 aromatic rings. The number of amides is 6. The molecule has 7 heterocycles. The molecular weight excluding hydrogens is 1300 g/mol. The summed E-state index contributed by atoms with van der Waals surface area (Å²) in [6, 6.07) is 90.6. The molecule has 0 spiro atoms. The Morgan fingerprint density at radius 3 is 0.876 bits per heavy atom. The maximum atomic E-state index is 15.7. The van der Waals surface area contributed by atoms with Crippen molar-refractivity contribution in [1.82, 2.24) is 28.7 Å². The van der Waals surface area contributed by atoms with Crippen molar-refractivity contribution in [2.75, 3.05) is 14.7 Å². The first-order valence-corrected chi connectivity index (χ1v) is 34.7. The second-order valence-electron chi connectivity index (χ2n) is 27.2. The zero-order chi connectivity index (χ0) is 70.2. The van der Waals surface area contributed by atoms with Gasteiger partial charge in [0.15, 0.2) is 0 Å². The standard InChI is InChI=1S/C90H53N9O6/c1-94-73-30-11-8-21-58(73)70-45-52(33-42-74(70)94)55-36-39-67-79-61(55)24-14-27-64(79)82(100)97(85(67)103)88-91-89(98-83(101)65-28-15-25-62-56(37-40-68(80(62)65)86(98)104)53-34-43-77-71(46-53)59-22-9-12-31-75(59)95(77)48-50-17-4-2-5-18-50)93-90(92-88)99-84(102)66-29-16-26-63-57(38-41-69(81(63)66)87(99)105)54-35-44-78-72(47-54)60-23-10-13-32-76(60)96(78)49-51-19-6-3-7-20-51/h2-47H,48-49H2,1H3. The average Bonchev–Trinajstić information content (AvgIpc) is 1.51. The summed E-state index contributed by atoms with van der Waals surface area (Å²) in [6.07, 6.45) is 0. The van der Waals surface area contributed by atoms with Crippen LogP contribution in [0.25, 0.3) is 131 Å². The van der Waals surface area contributed by atoms with E-state index in [-0.39, 0.29) is 33.4 Å². The molecule has 0 saturated heterocycles. The lowest BCUT2D eigenvalue weighted by Crippen LogP contribution is -2.46. The minimum atomic E-state index is -0.837. The molecule has 0 aliphatic carbocycles. The van der Waals surface area contributed by atoms with Crippen LogP contribution in [-0.2, 0) is 20.1 Å². The van der Waals surface area contributed by atoms with Crippen LogP contribution in [0.3, 0.4) is 0 Å². The summed E-state index contributed by atoms with van der Waals surface area (Å²) in [5.41, 5.74) is 14.4. The predicted octanol–water partition coefficient (Wildman–Crippen LogP) is 18.7. The fourth-order valence-electron chi connectivity index (χ4n) is 16.9. The summed E-state index contributed by atoms with van der Waals surface area (Å²) in [4.78, 5) is 111. The predicted molar refractivity (Wildman–Crippen MR) is 412 cm³/mol. The Balaban J connectivity index is 0.692. The summed E-state index contributed by atoms with van der Waals surface area (Å²) in [7, 11) is 2.03. The van der Waals surface area contributed by atoms with Crippen molar-refractivity contribution < 1.29 is 28.8 Å². The number of aromatic nitrogens is 6. The maximum Gasteiger partial charge on any atom is 0.268 e. The fraction of sp³-hybridized carbons (Fsp3) is 0.0333. The van der Waals surface area contributed by atoms with E-state index in [1.54, 1.807) is 54.6 Å². The van der Waals surface area contributed by atoms with Gasteiger partial charge in [0, 0.05) is 135 Å². The zero-order valence-corrected chi connectivity index (χ0v) is 55.9. The van der Waals surface area contributed by atoms with Crippen molar-refractivity contribution in [3.63, 3.8) is 0 Å². The number of hydrogen-bond acceptors (Lipinski definition) is 9. The number of benzene rings is 14. The van der Waals surface area contributed by atoms with E-state index in [4.69, 9.17) is 15.0 Å². The van der Waals surface area contributed by atoms with Crippen molar-refractivity contribution >= 4 is 151 Å². The highest BCUT2D eigenvalue weighted by atomic mass is 16.2. The van der Waals surface area contributed by atoms with Crippen LogP contribution in [0.2, 0.25) is 0 Å². The molecule has 3 aliphatic heterocycles. The van der Waals surface area contributed by atoms with Gasteiger partial charge in [0.2, 0.25) is 17.8 Å². The van der Waals surface area contributed by atoms with Gasteiger partial charge >= 0.3 is 0 Å². The molecule has 105 heavy (non-hydrogen) atoms. The third-order valence-electron chi connectivity index (χ3n) is 21.7. The number of rotatable bonds is 10. The number of imide groups is 3. The van der Waals surface area contributed by atoms with Gasteiger partial charge in [0.05, 0.1) is 0 Å². The molecule has 0 atom stereocenters. The number of carbonyl (C=O) groups is 6. The van der Waals surface area contributed by atoms with Gasteiger partial charge in [-0.05, 0) is 152 Å². The van der Waals surface area contributed by atoms with Crippen LogP contribution in [-0.4, -0.2) is 64.1 Å². The van der Waals surface area contributed by atoms with E-state index in [0.717, 1.165) is 125 Å². The average molecular weight is 1360 g/mol. The van der Waals surface area contributed by atoms with Crippen LogP contribution in [0.1, 0.15) is 73.3 Å². The number of fused-ring (bicyclic) bond motifs is 9. The maximum absolute atomic E-state index is 15.7. The van der Waals surface area contributed by atoms with Crippen molar-refractivity contribution in [3.8, 4) is 33.4 Å². The third kappa shape index (κ3) is 8.63. The number of carbonyl (C=O) groups excluding carboxylic acids is 6. The molecule has 3 aliphatic rings. The summed E-state index contributed by atoms with van der Waals surface area (Å²) in [5.74, 6) is -6.94. The Labute approximate surface area is 596 Å². The quantitative estimate of drug-likeness (QED) is 0.121. The van der Waals surface area contributed by atoms with E-state index in [1.165, 1.54) is 0 Å². The van der Waals surface area contributed by atoms with E-state index in [2.05, 4.69) is 123 Å². The lowest BCUT2D eigenvalue weighted by molar-refractivity contribution is 0.0879. The molecule has 0 unspecified atom stereocenters. The number of aryl methyl sites for hydroxylation is 1. The van der Waals surface area contributed by atoms with Crippen LogP contribution in [0.5, 0.6) is 0 Å². The first-order valence-electron chi connectivity index (χ1n) is 34.7. The number of para-hydroxylation sites is 3. The van der Waals surface area contributed by atoms with Gasteiger partial charge in [-0.15, -0.1) is 0 Å². The van der Waals surface area contributed by atoms with E-state index >= 15 is 28.8 Å². The molecule has 6 amide bonds. The Kier molecular flexibility index (Phi) is 12.7. The minimum Gasteiger partial charge on any atom is -0.344 e. The minimum absolute atomic E-state index is 0.132. The largest absolute Gasteiger partial charge is 0.344 e. The third-order valence-corrected chi connectivity index (χ3v) is 21.7. The topological polar surface area (TPSA) is 166 Å².